The van der Waals surface area contributed by atoms with Gasteiger partial charge in [0.25, 0.3) is 5.91 Å². The summed E-state index contributed by atoms with van der Waals surface area (Å²) in [6, 6.07) is 12.9. The monoisotopic (exact) mass is 382 g/mol. The van der Waals surface area contributed by atoms with Crippen molar-refractivity contribution in [2.45, 2.75) is 6.54 Å². The van der Waals surface area contributed by atoms with Crippen LogP contribution in [0.2, 0.25) is 0 Å². The summed E-state index contributed by atoms with van der Waals surface area (Å²) in [4.78, 5) is 12.0. The lowest BCUT2D eigenvalue weighted by molar-refractivity contribution is 0.0951. The van der Waals surface area contributed by atoms with E-state index in [1.807, 2.05) is 30.3 Å². The van der Waals surface area contributed by atoms with E-state index in [4.69, 9.17) is 5.73 Å². The smallest absolute Gasteiger partial charge is 0.251 e. The molecule has 98 valence electrons. The van der Waals surface area contributed by atoms with Crippen molar-refractivity contribution in [3.63, 3.8) is 0 Å². The number of nitrogen functional groups attached to an aromatic ring is 1. The Bertz CT molecular complexity index is 577. The van der Waals surface area contributed by atoms with Crippen LogP contribution in [0, 0.1) is 0 Å². The van der Waals surface area contributed by atoms with Gasteiger partial charge in [-0.3, -0.25) is 4.79 Å². The Hall–Kier alpha value is -1.33. The van der Waals surface area contributed by atoms with Crippen LogP contribution in [0.1, 0.15) is 15.9 Å². The molecule has 0 saturated heterocycles. The van der Waals surface area contributed by atoms with Crippen molar-refractivity contribution < 1.29 is 4.79 Å². The molecule has 19 heavy (non-hydrogen) atoms. The van der Waals surface area contributed by atoms with E-state index in [0.717, 1.165) is 14.5 Å². The summed E-state index contributed by atoms with van der Waals surface area (Å²) in [5.74, 6) is -0.112. The molecule has 0 atom stereocenters. The molecule has 0 spiro atoms. The standard InChI is InChI=1S/C14H12Br2N2O/c15-11-5-10(6-12(16)7-11)14(19)18-8-9-1-3-13(17)4-2-9/h1-7H,8,17H2,(H,18,19). The van der Waals surface area contributed by atoms with Crippen molar-refractivity contribution in [2.75, 3.05) is 5.73 Å². The second kappa shape index (κ2) is 6.21. The molecule has 0 aliphatic carbocycles. The third-order valence-corrected chi connectivity index (χ3v) is 3.47. The third-order valence-electron chi connectivity index (χ3n) is 2.56. The highest BCUT2D eigenvalue weighted by Crippen LogP contribution is 2.20. The van der Waals surface area contributed by atoms with Crippen LogP contribution in [0.3, 0.4) is 0 Å². The Balaban J connectivity index is 2.03. The molecule has 3 nitrogen and oxygen atoms in total. The van der Waals surface area contributed by atoms with Crippen molar-refractivity contribution in [3.8, 4) is 0 Å². The van der Waals surface area contributed by atoms with Crippen molar-refractivity contribution >= 4 is 43.5 Å². The molecular formula is C14H12Br2N2O. The van der Waals surface area contributed by atoms with Crippen molar-refractivity contribution in [1.29, 1.82) is 0 Å². The zero-order valence-electron chi connectivity index (χ0n) is 9.99. The molecule has 5 heteroatoms. The van der Waals surface area contributed by atoms with Gasteiger partial charge in [0, 0.05) is 26.7 Å². The van der Waals surface area contributed by atoms with Gasteiger partial charge < -0.3 is 11.1 Å². The van der Waals surface area contributed by atoms with Gasteiger partial charge in [0.1, 0.15) is 0 Å². The summed E-state index contributed by atoms with van der Waals surface area (Å²) in [5, 5.41) is 2.87. The topological polar surface area (TPSA) is 55.1 Å². The van der Waals surface area contributed by atoms with Gasteiger partial charge in [0.2, 0.25) is 0 Å². The zero-order chi connectivity index (χ0) is 13.8. The molecule has 0 fully saturated rings. The molecule has 0 radical (unpaired) electrons. The molecule has 0 aromatic heterocycles. The number of rotatable bonds is 3. The molecule has 0 saturated carbocycles. The average molecular weight is 384 g/mol. The van der Waals surface area contributed by atoms with E-state index in [1.54, 1.807) is 12.1 Å². The first-order chi connectivity index (χ1) is 9.04. The SMILES string of the molecule is Nc1ccc(CNC(=O)c2cc(Br)cc(Br)c2)cc1. The minimum atomic E-state index is -0.112. The number of carbonyl (C=O) groups is 1. The predicted molar refractivity (Wildman–Crippen MR) is 83.9 cm³/mol. The average Bonchev–Trinajstić information content (AvgIpc) is 2.36. The third kappa shape index (κ3) is 4.08. The molecule has 0 heterocycles. The highest BCUT2D eigenvalue weighted by atomic mass is 79.9. The Kier molecular flexibility index (Phi) is 4.61. The zero-order valence-corrected chi connectivity index (χ0v) is 13.2. The molecule has 0 unspecified atom stereocenters. The van der Waals surface area contributed by atoms with Crippen molar-refractivity contribution in [2.24, 2.45) is 0 Å². The number of nitrogens with one attached hydrogen (secondary N) is 1. The first-order valence-corrected chi connectivity index (χ1v) is 7.22. The fourth-order valence-corrected chi connectivity index (χ4v) is 2.90. The van der Waals surface area contributed by atoms with Gasteiger partial charge in [0.15, 0.2) is 0 Å². The van der Waals surface area contributed by atoms with E-state index in [-0.39, 0.29) is 5.91 Å². The number of amides is 1. The van der Waals surface area contributed by atoms with Gasteiger partial charge in [0.05, 0.1) is 0 Å². The predicted octanol–water partition coefficient (Wildman–Crippen LogP) is 3.72. The number of carbonyl (C=O) groups excluding carboxylic acids is 1. The van der Waals surface area contributed by atoms with E-state index in [2.05, 4.69) is 37.2 Å². The van der Waals surface area contributed by atoms with Gasteiger partial charge in [-0.1, -0.05) is 44.0 Å². The van der Waals surface area contributed by atoms with Crippen LogP contribution in [0.4, 0.5) is 5.69 Å². The number of halogens is 2. The maximum Gasteiger partial charge on any atom is 0.251 e. The Labute approximate surface area is 128 Å². The van der Waals surface area contributed by atoms with Gasteiger partial charge in [-0.05, 0) is 35.9 Å². The second-order valence-electron chi connectivity index (χ2n) is 4.08. The van der Waals surface area contributed by atoms with E-state index >= 15 is 0 Å². The van der Waals surface area contributed by atoms with Gasteiger partial charge >= 0.3 is 0 Å². The van der Waals surface area contributed by atoms with Gasteiger partial charge in [-0.15, -0.1) is 0 Å². The van der Waals surface area contributed by atoms with Crippen LogP contribution in [-0.2, 0) is 6.54 Å². The molecule has 2 aromatic carbocycles. The normalized spacial score (nSPS) is 10.2. The van der Waals surface area contributed by atoms with Gasteiger partial charge in [-0.2, -0.15) is 0 Å². The van der Waals surface area contributed by atoms with Crippen LogP contribution >= 0.6 is 31.9 Å². The molecule has 2 rings (SSSR count). The molecule has 2 aromatic rings. The Morgan fingerprint density at radius 2 is 1.63 bits per heavy atom. The number of benzene rings is 2. The fourth-order valence-electron chi connectivity index (χ4n) is 1.60. The molecule has 0 bridgehead atoms. The van der Waals surface area contributed by atoms with E-state index in [9.17, 15) is 4.79 Å². The van der Waals surface area contributed by atoms with Crippen molar-refractivity contribution in [3.05, 3.63) is 62.5 Å². The first kappa shape index (κ1) is 14.1. The molecule has 0 aliphatic heterocycles. The fraction of sp³-hybridized carbons (Fsp3) is 0.0714. The van der Waals surface area contributed by atoms with Crippen LogP contribution in [0.15, 0.2) is 51.4 Å². The first-order valence-electron chi connectivity index (χ1n) is 5.63. The number of hydrogen-bond donors (Lipinski definition) is 2. The van der Waals surface area contributed by atoms with E-state index in [1.165, 1.54) is 0 Å². The Morgan fingerprint density at radius 1 is 1.05 bits per heavy atom. The quantitative estimate of drug-likeness (QED) is 0.793. The minimum Gasteiger partial charge on any atom is -0.399 e. The summed E-state index contributed by atoms with van der Waals surface area (Å²) >= 11 is 6.72. The molecule has 3 N–H and O–H groups in total. The number of nitrogens with two attached hydrogens (primary N) is 1. The van der Waals surface area contributed by atoms with Crippen LogP contribution in [-0.4, -0.2) is 5.91 Å². The van der Waals surface area contributed by atoms with E-state index < -0.39 is 0 Å². The highest BCUT2D eigenvalue weighted by Gasteiger charge is 2.07. The number of hydrogen-bond acceptors (Lipinski definition) is 2. The lowest BCUT2D eigenvalue weighted by Crippen LogP contribution is -2.22. The Morgan fingerprint density at radius 3 is 2.21 bits per heavy atom. The van der Waals surface area contributed by atoms with Crippen LogP contribution in [0.25, 0.3) is 0 Å². The molecular weight excluding hydrogens is 372 g/mol. The summed E-state index contributed by atoms with van der Waals surface area (Å²) in [7, 11) is 0. The molecule has 1 amide bonds. The summed E-state index contributed by atoms with van der Waals surface area (Å²) in [6.45, 7) is 0.475. The van der Waals surface area contributed by atoms with E-state index in [0.29, 0.717) is 17.8 Å². The largest absolute Gasteiger partial charge is 0.399 e. The van der Waals surface area contributed by atoms with Gasteiger partial charge in [-0.25, -0.2) is 0 Å². The van der Waals surface area contributed by atoms with Crippen LogP contribution in [0.5, 0.6) is 0 Å². The van der Waals surface area contributed by atoms with Crippen LogP contribution < -0.4 is 11.1 Å². The maximum atomic E-state index is 12.0. The lowest BCUT2D eigenvalue weighted by Gasteiger charge is -2.07. The maximum absolute atomic E-state index is 12.0. The highest BCUT2D eigenvalue weighted by molar-refractivity contribution is 9.11. The second-order valence-corrected chi connectivity index (χ2v) is 5.91. The number of anilines is 1. The summed E-state index contributed by atoms with van der Waals surface area (Å²) in [5.41, 5.74) is 7.94. The minimum absolute atomic E-state index is 0.112. The summed E-state index contributed by atoms with van der Waals surface area (Å²) in [6.07, 6.45) is 0. The lowest BCUT2D eigenvalue weighted by atomic mass is 10.2. The molecule has 0 aliphatic rings. The summed E-state index contributed by atoms with van der Waals surface area (Å²) < 4.78 is 1.72. The van der Waals surface area contributed by atoms with Crippen molar-refractivity contribution in [1.82, 2.24) is 5.32 Å².